The molecule has 1 rings (SSSR count). The van der Waals surface area contributed by atoms with Gasteiger partial charge in [-0.2, -0.15) is 0 Å². The molecule has 19 heavy (non-hydrogen) atoms. The van der Waals surface area contributed by atoms with Gasteiger partial charge in [0.15, 0.2) is 0 Å². The van der Waals surface area contributed by atoms with Crippen LogP contribution in [0.2, 0.25) is 0 Å². The van der Waals surface area contributed by atoms with Crippen LogP contribution in [-0.4, -0.2) is 24.8 Å². The van der Waals surface area contributed by atoms with Crippen molar-refractivity contribution in [1.29, 1.82) is 0 Å². The average molecular weight is 414 g/mol. The van der Waals surface area contributed by atoms with Gasteiger partial charge >= 0.3 is 0 Å². The lowest BCUT2D eigenvalue weighted by Crippen LogP contribution is -2.43. The van der Waals surface area contributed by atoms with Gasteiger partial charge < -0.3 is 0 Å². The van der Waals surface area contributed by atoms with Crippen LogP contribution in [0, 0.1) is 5.41 Å². The maximum absolute atomic E-state index is 12.3. The third-order valence-corrected chi connectivity index (χ3v) is 5.06. The summed E-state index contributed by atoms with van der Waals surface area (Å²) in [4.78, 5) is 4.06. The number of hydrogen-bond donors (Lipinski definition) is 1. The number of nitrogens with zero attached hydrogens (tertiary/aromatic N) is 1. The van der Waals surface area contributed by atoms with Gasteiger partial charge in [-0.3, -0.25) is 4.98 Å². The fourth-order valence-corrected chi connectivity index (χ4v) is 4.01. The molecule has 0 aliphatic carbocycles. The highest BCUT2D eigenvalue weighted by Gasteiger charge is 2.29. The second kappa shape index (κ2) is 6.65. The quantitative estimate of drug-likeness (QED) is 0.753. The summed E-state index contributed by atoms with van der Waals surface area (Å²) in [5, 5.41) is 0.744. The fourth-order valence-electron chi connectivity index (χ4n) is 1.57. The molecule has 1 heterocycles. The van der Waals surface area contributed by atoms with Crippen molar-refractivity contribution in [3.05, 3.63) is 22.9 Å². The van der Waals surface area contributed by atoms with Gasteiger partial charge in [0.05, 0.1) is 0 Å². The zero-order valence-corrected chi connectivity index (χ0v) is 15.1. The third kappa shape index (κ3) is 5.13. The van der Waals surface area contributed by atoms with Crippen molar-refractivity contribution < 1.29 is 8.42 Å². The minimum atomic E-state index is -3.55. The van der Waals surface area contributed by atoms with Crippen molar-refractivity contribution in [1.82, 2.24) is 9.71 Å². The van der Waals surface area contributed by atoms with Crippen LogP contribution in [-0.2, 0) is 10.0 Å². The first-order chi connectivity index (χ1) is 8.66. The van der Waals surface area contributed by atoms with Crippen molar-refractivity contribution in [2.75, 3.05) is 5.33 Å². The lowest BCUT2D eigenvalue weighted by atomic mass is 9.86. The molecule has 7 heteroatoms. The van der Waals surface area contributed by atoms with E-state index < -0.39 is 10.0 Å². The van der Waals surface area contributed by atoms with E-state index in [1.165, 1.54) is 6.20 Å². The molecule has 0 aliphatic rings. The molecule has 0 fully saturated rings. The summed E-state index contributed by atoms with van der Waals surface area (Å²) in [7, 11) is -3.55. The highest BCUT2D eigenvalue weighted by Crippen LogP contribution is 2.25. The van der Waals surface area contributed by atoms with Gasteiger partial charge in [-0.1, -0.05) is 36.7 Å². The van der Waals surface area contributed by atoms with Crippen molar-refractivity contribution in [2.24, 2.45) is 5.41 Å². The topological polar surface area (TPSA) is 59.1 Å². The van der Waals surface area contributed by atoms with Crippen molar-refractivity contribution in [3.63, 3.8) is 0 Å². The molecule has 0 aromatic carbocycles. The molecule has 1 atom stereocenters. The molecular formula is C12H18Br2N2O2S. The second-order valence-corrected chi connectivity index (χ2v) is 8.78. The van der Waals surface area contributed by atoms with Crippen molar-refractivity contribution in [3.8, 4) is 0 Å². The normalized spacial score (nSPS) is 14.4. The van der Waals surface area contributed by atoms with Gasteiger partial charge in [-0.05, 0) is 33.8 Å². The molecule has 0 bridgehead atoms. The van der Waals surface area contributed by atoms with Gasteiger partial charge in [-0.25, -0.2) is 13.1 Å². The first-order valence-corrected chi connectivity index (χ1v) is 9.25. The average Bonchev–Trinajstić information content (AvgIpc) is 2.27. The Kier molecular flexibility index (Phi) is 5.97. The van der Waals surface area contributed by atoms with E-state index in [9.17, 15) is 8.42 Å². The molecule has 1 aromatic heterocycles. The fraction of sp³-hybridized carbons (Fsp3) is 0.583. The van der Waals surface area contributed by atoms with E-state index in [0.29, 0.717) is 4.47 Å². The van der Waals surface area contributed by atoms with E-state index in [1.54, 1.807) is 12.3 Å². The molecule has 108 valence electrons. The van der Waals surface area contributed by atoms with E-state index >= 15 is 0 Å². The smallest absolute Gasteiger partial charge is 0.242 e. The highest BCUT2D eigenvalue weighted by atomic mass is 79.9. The van der Waals surface area contributed by atoms with Gasteiger partial charge in [-0.15, -0.1) is 0 Å². The lowest BCUT2D eigenvalue weighted by Gasteiger charge is -2.30. The molecule has 0 amide bonds. The summed E-state index contributed by atoms with van der Waals surface area (Å²) < 4.78 is 28.1. The Bertz CT molecular complexity index is 527. The first kappa shape index (κ1) is 17.1. The van der Waals surface area contributed by atoms with E-state index in [4.69, 9.17) is 0 Å². The highest BCUT2D eigenvalue weighted by molar-refractivity contribution is 9.10. The zero-order valence-electron chi connectivity index (χ0n) is 11.2. The van der Waals surface area contributed by atoms with Gasteiger partial charge in [0.1, 0.15) is 4.90 Å². The lowest BCUT2D eigenvalue weighted by molar-refractivity contribution is 0.293. The predicted molar refractivity (Wildman–Crippen MR) is 83.9 cm³/mol. The Hall–Kier alpha value is 0.0200. The van der Waals surface area contributed by atoms with Gasteiger partial charge in [0, 0.05) is 28.2 Å². The van der Waals surface area contributed by atoms with Crippen LogP contribution < -0.4 is 4.72 Å². The molecule has 1 unspecified atom stereocenters. The van der Waals surface area contributed by atoms with E-state index in [2.05, 4.69) is 41.6 Å². The van der Waals surface area contributed by atoms with E-state index in [-0.39, 0.29) is 16.4 Å². The first-order valence-electron chi connectivity index (χ1n) is 5.85. The maximum atomic E-state index is 12.3. The summed E-state index contributed by atoms with van der Waals surface area (Å²) in [6.45, 7) is 6.05. The number of alkyl halides is 1. The minimum Gasteiger partial charge on any atom is -0.262 e. The standard InChI is InChI=1S/C12H18Br2N2O2S/c1-12(2,3)11(4-5-13)16-19(17,18)10-6-9(14)7-15-8-10/h6-8,11,16H,4-5H2,1-3H3. The SMILES string of the molecule is CC(C)(C)C(CCBr)NS(=O)(=O)c1cncc(Br)c1. The molecule has 0 saturated carbocycles. The van der Waals surface area contributed by atoms with Crippen LogP contribution in [0.5, 0.6) is 0 Å². The van der Waals surface area contributed by atoms with Crippen LogP contribution in [0.3, 0.4) is 0 Å². The molecule has 1 aromatic rings. The Labute approximate surface area is 131 Å². The second-order valence-electron chi connectivity index (χ2n) is 5.36. The molecule has 0 spiro atoms. The van der Waals surface area contributed by atoms with Crippen LogP contribution in [0.4, 0.5) is 0 Å². The summed E-state index contributed by atoms with van der Waals surface area (Å²) in [5.41, 5.74) is -0.152. The minimum absolute atomic E-state index is 0.143. The van der Waals surface area contributed by atoms with Crippen LogP contribution in [0.25, 0.3) is 0 Å². The van der Waals surface area contributed by atoms with E-state index in [0.717, 1.165) is 11.8 Å². The van der Waals surface area contributed by atoms with E-state index in [1.807, 2.05) is 20.8 Å². The molecule has 1 N–H and O–H groups in total. The summed E-state index contributed by atoms with van der Waals surface area (Å²) in [6.07, 6.45) is 3.63. The summed E-state index contributed by atoms with van der Waals surface area (Å²) in [6, 6.07) is 1.40. The number of sulfonamides is 1. The molecule has 4 nitrogen and oxygen atoms in total. The molecular weight excluding hydrogens is 396 g/mol. The maximum Gasteiger partial charge on any atom is 0.242 e. The third-order valence-electron chi connectivity index (χ3n) is 2.73. The van der Waals surface area contributed by atoms with Gasteiger partial charge in [0.2, 0.25) is 10.0 Å². The number of halogens is 2. The predicted octanol–water partition coefficient (Wildman–Crippen LogP) is 3.32. The van der Waals surface area contributed by atoms with Crippen LogP contribution in [0.1, 0.15) is 27.2 Å². The molecule has 0 saturated heterocycles. The Morgan fingerprint density at radius 2 is 2.00 bits per heavy atom. The van der Waals surface area contributed by atoms with Crippen molar-refractivity contribution >= 4 is 41.9 Å². The number of hydrogen-bond acceptors (Lipinski definition) is 3. The number of nitrogens with one attached hydrogen (secondary N) is 1. The largest absolute Gasteiger partial charge is 0.262 e. The Balaban J connectivity index is 3.01. The zero-order chi connectivity index (χ0) is 14.7. The number of aromatic nitrogens is 1. The molecule has 0 aliphatic heterocycles. The van der Waals surface area contributed by atoms with Crippen molar-refractivity contribution in [2.45, 2.75) is 38.1 Å². The Morgan fingerprint density at radius 3 is 2.47 bits per heavy atom. The van der Waals surface area contributed by atoms with Crippen LogP contribution in [0.15, 0.2) is 27.8 Å². The summed E-state index contributed by atoms with van der Waals surface area (Å²) >= 11 is 6.59. The summed E-state index contributed by atoms with van der Waals surface area (Å²) in [5.74, 6) is 0. The Morgan fingerprint density at radius 1 is 1.37 bits per heavy atom. The number of rotatable bonds is 5. The van der Waals surface area contributed by atoms with Gasteiger partial charge in [0.25, 0.3) is 0 Å². The van der Waals surface area contributed by atoms with Crippen LogP contribution >= 0.6 is 31.9 Å². The monoisotopic (exact) mass is 412 g/mol. The number of pyridine rings is 1. The molecule has 0 radical (unpaired) electrons.